The van der Waals surface area contributed by atoms with Crippen molar-refractivity contribution in [3.05, 3.63) is 65.3 Å². The van der Waals surface area contributed by atoms with Crippen LogP contribution in [0.5, 0.6) is 0 Å². The third-order valence-electron chi connectivity index (χ3n) is 5.05. The molecule has 0 unspecified atom stereocenters. The van der Waals surface area contributed by atoms with Crippen LogP contribution < -0.4 is 0 Å². The van der Waals surface area contributed by atoms with Crippen molar-refractivity contribution in [3.8, 4) is 17.1 Å². The van der Waals surface area contributed by atoms with Crippen LogP contribution in [0.3, 0.4) is 0 Å². The molecule has 0 aliphatic heterocycles. The van der Waals surface area contributed by atoms with E-state index in [9.17, 15) is 0 Å². The predicted octanol–water partition coefficient (Wildman–Crippen LogP) is 6.13. The highest BCUT2D eigenvalue weighted by Gasteiger charge is 2.17. The minimum Gasteiger partial charge on any atom is -0.430 e. The van der Waals surface area contributed by atoms with E-state index in [1.807, 2.05) is 19.3 Å². The minimum atomic E-state index is 0.713. The van der Waals surface area contributed by atoms with Gasteiger partial charge in [0, 0.05) is 35.0 Å². The molecular formula is C22H19N3OS. The Hall–Kier alpha value is -2.92. The van der Waals surface area contributed by atoms with Crippen LogP contribution in [-0.2, 0) is 0 Å². The number of para-hydroxylation sites is 1. The summed E-state index contributed by atoms with van der Waals surface area (Å²) in [6.07, 6.45) is 3.91. The molecule has 0 saturated carbocycles. The monoisotopic (exact) mass is 373 g/mol. The number of benzene rings is 2. The van der Waals surface area contributed by atoms with Gasteiger partial charge in [0.1, 0.15) is 11.3 Å². The number of rotatable bonds is 2. The molecule has 5 heteroatoms. The fraction of sp³-hybridized carbons (Fsp3) is 0.182. The third-order valence-corrected chi connectivity index (χ3v) is 6.07. The Morgan fingerprint density at radius 2 is 1.78 bits per heavy atom. The molecule has 0 radical (unpaired) electrons. The molecule has 0 atom stereocenters. The van der Waals surface area contributed by atoms with Gasteiger partial charge in [-0.15, -0.1) is 0 Å². The number of fused-ring (bicyclic) bond motifs is 3. The first-order chi connectivity index (χ1) is 13.0. The van der Waals surface area contributed by atoms with Gasteiger partial charge >= 0.3 is 0 Å². The number of aromatic nitrogens is 3. The van der Waals surface area contributed by atoms with E-state index in [4.69, 9.17) is 9.40 Å². The first-order valence-electron chi connectivity index (χ1n) is 8.93. The summed E-state index contributed by atoms with van der Waals surface area (Å²) in [6, 6.07) is 10.8. The van der Waals surface area contributed by atoms with E-state index < -0.39 is 0 Å². The average Bonchev–Trinajstić information content (AvgIpc) is 3.29. The van der Waals surface area contributed by atoms with Gasteiger partial charge in [-0.1, -0.05) is 29.5 Å². The van der Waals surface area contributed by atoms with Crippen molar-refractivity contribution in [1.29, 1.82) is 0 Å². The molecule has 0 aliphatic rings. The van der Waals surface area contributed by atoms with E-state index in [0.717, 1.165) is 27.2 Å². The molecule has 0 amide bonds. The molecule has 5 aromatic rings. The first kappa shape index (κ1) is 16.3. The highest BCUT2D eigenvalue weighted by molar-refractivity contribution is 7.25. The Kier molecular flexibility index (Phi) is 3.49. The summed E-state index contributed by atoms with van der Waals surface area (Å²) >= 11 is 1.64. The lowest BCUT2D eigenvalue weighted by Crippen LogP contribution is -2.02. The molecule has 134 valence electrons. The van der Waals surface area contributed by atoms with Crippen molar-refractivity contribution >= 4 is 31.8 Å². The topological polar surface area (TPSA) is 43.9 Å². The molecular weight excluding hydrogens is 354 g/mol. The molecule has 0 fully saturated rings. The maximum atomic E-state index is 5.73. The lowest BCUT2D eigenvalue weighted by atomic mass is 10.0. The number of oxazole rings is 1. The van der Waals surface area contributed by atoms with Gasteiger partial charge in [-0.3, -0.25) is 4.57 Å². The van der Waals surface area contributed by atoms with Crippen LogP contribution in [0.2, 0.25) is 0 Å². The van der Waals surface area contributed by atoms with Crippen molar-refractivity contribution in [1.82, 2.24) is 14.5 Å². The molecule has 0 N–H and O–H groups in total. The Labute approximate surface area is 161 Å². The highest BCUT2D eigenvalue weighted by atomic mass is 32.1. The number of nitrogens with zero attached hydrogens (tertiary/aromatic N) is 3. The second-order valence-corrected chi connectivity index (χ2v) is 8.01. The van der Waals surface area contributed by atoms with Crippen LogP contribution in [0.15, 0.2) is 47.1 Å². The van der Waals surface area contributed by atoms with Crippen molar-refractivity contribution in [2.24, 2.45) is 0 Å². The summed E-state index contributed by atoms with van der Waals surface area (Å²) in [5.41, 5.74) is 6.95. The number of imidazole rings is 1. The SMILES string of the molecule is Cc1nc2c(o1)sc1cc(-c3nccn3-c3c(C)cccc3C)c(C)cc12. The number of hydrogen-bond acceptors (Lipinski definition) is 4. The van der Waals surface area contributed by atoms with Gasteiger partial charge in [0.05, 0.1) is 5.69 Å². The Morgan fingerprint density at radius 1 is 1.00 bits per heavy atom. The quantitative estimate of drug-likeness (QED) is 0.374. The third kappa shape index (κ3) is 2.42. The largest absolute Gasteiger partial charge is 0.430 e. The molecule has 0 bridgehead atoms. The molecule has 0 aliphatic carbocycles. The van der Waals surface area contributed by atoms with E-state index >= 15 is 0 Å². The van der Waals surface area contributed by atoms with Crippen molar-refractivity contribution in [2.75, 3.05) is 0 Å². The van der Waals surface area contributed by atoms with Crippen LogP contribution in [0, 0.1) is 27.7 Å². The minimum absolute atomic E-state index is 0.713. The van der Waals surface area contributed by atoms with Gasteiger partial charge < -0.3 is 4.42 Å². The molecule has 3 aromatic heterocycles. The van der Waals surface area contributed by atoms with Crippen molar-refractivity contribution in [3.63, 3.8) is 0 Å². The molecule has 2 aromatic carbocycles. The molecule has 5 rings (SSSR count). The summed E-state index contributed by atoms with van der Waals surface area (Å²) in [5, 5.41) is 1.15. The predicted molar refractivity (Wildman–Crippen MR) is 111 cm³/mol. The summed E-state index contributed by atoms with van der Waals surface area (Å²) in [7, 11) is 0. The van der Waals surface area contributed by atoms with Gasteiger partial charge in [0.2, 0.25) is 4.90 Å². The standard InChI is InChI=1S/C22H19N3OS/c1-12-6-5-7-13(2)20(12)25-9-8-23-21(25)16-11-18-17(10-14(16)3)19-22(27-18)26-15(4)24-19/h5-11H,1-4H3. The van der Waals surface area contributed by atoms with Gasteiger partial charge in [-0.2, -0.15) is 0 Å². The average molecular weight is 373 g/mol. The Morgan fingerprint density at radius 3 is 2.56 bits per heavy atom. The van der Waals surface area contributed by atoms with Crippen LogP contribution in [0.4, 0.5) is 0 Å². The van der Waals surface area contributed by atoms with Gasteiger partial charge in [0.25, 0.3) is 0 Å². The highest BCUT2D eigenvalue weighted by Crippen LogP contribution is 2.38. The fourth-order valence-electron chi connectivity index (χ4n) is 3.81. The fourth-order valence-corrected chi connectivity index (χ4v) is 4.87. The maximum Gasteiger partial charge on any atom is 0.209 e. The van der Waals surface area contributed by atoms with Crippen LogP contribution in [0.25, 0.3) is 37.6 Å². The van der Waals surface area contributed by atoms with E-state index in [-0.39, 0.29) is 0 Å². The molecule has 4 nitrogen and oxygen atoms in total. The van der Waals surface area contributed by atoms with Crippen LogP contribution in [0.1, 0.15) is 22.6 Å². The van der Waals surface area contributed by atoms with E-state index in [1.54, 1.807) is 11.3 Å². The summed E-state index contributed by atoms with van der Waals surface area (Å²) in [4.78, 5) is 10.1. The van der Waals surface area contributed by atoms with E-state index in [2.05, 4.69) is 60.7 Å². The zero-order valence-corrected chi connectivity index (χ0v) is 16.5. The van der Waals surface area contributed by atoms with Gasteiger partial charge in [-0.05, 0) is 49.6 Å². The van der Waals surface area contributed by atoms with Crippen molar-refractivity contribution < 1.29 is 4.42 Å². The molecule has 0 spiro atoms. The zero-order valence-electron chi connectivity index (χ0n) is 15.7. The van der Waals surface area contributed by atoms with Gasteiger partial charge in [0.15, 0.2) is 5.89 Å². The second kappa shape index (κ2) is 5.79. The smallest absolute Gasteiger partial charge is 0.209 e. The number of aryl methyl sites for hydroxylation is 4. The molecule has 27 heavy (non-hydrogen) atoms. The summed E-state index contributed by atoms with van der Waals surface area (Å²) in [6.45, 7) is 8.31. The van der Waals surface area contributed by atoms with E-state index in [0.29, 0.717) is 5.89 Å². The van der Waals surface area contributed by atoms with Crippen LogP contribution in [-0.4, -0.2) is 14.5 Å². The Balaban J connectivity index is 1.75. The number of thiophene rings is 1. The summed E-state index contributed by atoms with van der Waals surface area (Å²) in [5.74, 6) is 1.67. The lowest BCUT2D eigenvalue weighted by Gasteiger charge is -2.15. The summed E-state index contributed by atoms with van der Waals surface area (Å²) < 4.78 is 9.10. The van der Waals surface area contributed by atoms with E-state index in [1.165, 1.54) is 27.1 Å². The van der Waals surface area contributed by atoms with Crippen molar-refractivity contribution in [2.45, 2.75) is 27.7 Å². The van der Waals surface area contributed by atoms with Gasteiger partial charge in [-0.25, -0.2) is 9.97 Å². The molecule has 0 saturated heterocycles. The zero-order chi connectivity index (χ0) is 18.7. The molecule has 3 heterocycles. The normalized spacial score (nSPS) is 11.7. The second-order valence-electron chi connectivity index (χ2n) is 7.00. The Bertz CT molecular complexity index is 1300. The lowest BCUT2D eigenvalue weighted by molar-refractivity contribution is 0.567. The first-order valence-corrected chi connectivity index (χ1v) is 9.75. The van der Waals surface area contributed by atoms with Crippen LogP contribution >= 0.6 is 11.3 Å². The maximum absolute atomic E-state index is 5.73. The number of hydrogen-bond donors (Lipinski definition) is 0.